The van der Waals surface area contributed by atoms with Crippen LogP contribution >= 0.6 is 0 Å². The number of benzene rings is 2. The lowest BCUT2D eigenvalue weighted by Gasteiger charge is -2.07. The molecule has 84 valence electrons. The van der Waals surface area contributed by atoms with E-state index in [1.54, 1.807) is 24.3 Å². The summed E-state index contributed by atoms with van der Waals surface area (Å²) in [6, 6.07) is 9.72. The first-order valence-corrected chi connectivity index (χ1v) is 6.39. The van der Waals surface area contributed by atoms with E-state index in [0.717, 1.165) is 6.26 Å². The molecular weight excluding hydrogens is 228 g/mol. The zero-order chi connectivity index (χ0) is 11.8. The fraction of sp³-hybridized carbons (Fsp3) is 0.0909. The van der Waals surface area contributed by atoms with E-state index in [0.29, 0.717) is 10.8 Å². The van der Waals surface area contributed by atoms with E-state index in [-0.39, 0.29) is 11.5 Å². The number of hydrogen-bond donors (Lipinski definition) is 1. The van der Waals surface area contributed by atoms with Gasteiger partial charge in [0.05, 0.1) is 6.26 Å². The standard InChI is InChI=1S/C11H10O4S/c1-16(13,14)15-11-7-6-10(12)8-4-2-3-5-9(8)11/h2-7,12H,1H3. The van der Waals surface area contributed by atoms with Gasteiger partial charge in [0, 0.05) is 10.8 Å². The highest BCUT2D eigenvalue weighted by Crippen LogP contribution is 2.32. The summed E-state index contributed by atoms with van der Waals surface area (Å²) < 4.78 is 26.9. The van der Waals surface area contributed by atoms with Crippen molar-refractivity contribution in [3.63, 3.8) is 0 Å². The van der Waals surface area contributed by atoms with Gasteiger partial charge in [0.15, 0.2) is 5.75 Å². The number of phenolic OH excluding ortho intramolecular Hbond substituents is 1. The number of rotatable bonds is 2. The number of hydrogen-bond acceptors (Lipinski definition) is 4. The Kier molecular flexibility index (Phi) is 2.47. The summed E-state index contributed by atoms with van der Waals surface area (Å²) in [4.78, 5) is 0. The Morgan fingerprint density at radius 1 is 1.06 bits per heavy atom. The van der Waals surface area contributed by atoms with E-state index < -0.39 is 10.1 Å². The minimum atomic E-state index is -3.56. The van der Waals surface area contributed by atoms with E-state index >= 15 is 0 Å². The predicted octanol–water partition coefficient (Wildman–Crippen LogP) is 1.88. The van der Waals surface area contributed by atoms with Gasteiger partial charge < -0.3 is 9.29 Å². The highest BCUT2D eigenvalue weighted by Gasteiger charge is 2.10. The molecule has 0 aliphatic carbocycles. The molecule has 4 nitrogen and oxygen atoms in total. The highest BCUT2D eigenvalue weighted by atomic mass is 32.2. The van der Waals surface area contributed by atoms with Gasteiger partial charge in [0.1, 0.15) is 5.75 Å². The molecule has 1 N–H and O–H groups in total. The predicted molar refractivity (Wildman–Crippen MR) is 61.1 cm³/mol. The number of aromatic hydroxyl groups is 1. The molecule has 0 fully saturated rings. The Balaban J connectivity index is 2.68. The van der Waals surface area contributed by atoms with Gasteiger partial charge in [-0.3, -0.25) is 0 Å². The van der Waals surface area contributed by atoms with Crippen molar-refractivity contribution in [3.8, 4) is 11.5 Å². The van der Waals surface area contributed by atoms with Gasteiger partial charge in [-0.2, -0.15) is 8.42 Å². The molecule has 0 spiro atoms. The van der Waals surface area contributed by atoms with Crippen LogP contribution in [0.2, 0.25) is 0 Å². The van der Waals surface area contributed by atoms with Crippen LogP contribution < -0.4 is 4.18 Å². The van der Waals surface area contributed by atoms with E-state index in [1.807, 2.05) is 0 Å². The van der Waals surface area contributed by atoms with E-state index in [4.69, 9.17) is 4.18 Å². The minimum Gasteiger partial charge on any atom is -0.507 e. The molecule has 0 saturated heterocycles. The topological polar surface area (TPSA) is 63.6 Å². The summed E-state index contributed by atoms with van der Waals surface area (Å²) in [5.74, 6) is 0.312. The van der Waals surface area contributed by atoms with E-state index in [1.165, 1.54) is 12.1 Å². The highest BCUT2D eigenvalue weighted by molar-refractivity contribution is 7.86. The van der Waals surface area contributed by atoms with Gasteiger partial charge in [-0.05, 0) is 12.1 Å². The Morgan fingerprint density at radius 2 is 1.69 bits per heavy atom. The Labute approximate surface area is 93.2 Å². The van der Waals surface area contributed by atoms with Gasteiger partial charge in [-0.15, -0.1) is 0 Å². The third-order valence-electron chi connectivity index (χ3n) is 2.10. The largest absolute Gasteiger partial charge is 0.507 e. The molecule has 0 saturated carbocycles. The van der Waals surface area contributed by atoms with Crippen LogP contribution in [0.1, 0.15) is 0 Å². The monoisotopic (exact) mass is 238 g/mol. The van der Waals surface area contributed by atoms with Crippen molar-refractivity contribution >= 4 is 20.9 Å². The van der Waals surface area contributed by atoms with Crippen molar-refractivity contribution in [1.29, 1.82) is 0 Å². The van der Waals surface area contributed by atoms with Gasteiger partial charge >= 0.3 is 10.1 Å². The summed E-state index contributed by atoms with van der Waals surface area (Å²) >= 11 is 0. The molecule has 0 amide bonds. The van der Waals surface area contributed by atoms with Crippen molar-refractivity contribution in [3.05, 3.63) is 36.4 Å². The molecule has 0 aliphatic heterocycles. The zero-order valence-electron chi connectivity index (χ0n) is 8.54. The lowest BCUT2D eigenvalue weighted by atomic mass is 10.1. The Hall–Kier alpha value is -1.75. The summed E-state index contributed by atoms with van der Waals surface area (Å²) in [6.45, 7) is 0. The van der Waals surface area contributed by atoms with Crippen LogP contribution in [0.25, 0.3) is 10.8 Å². The zero-order valence-corrected chi connectivity index (χ0v) is 9.36. The molecule has 0 radical (unpaired) electrons. The number of fused-ring (bicyclic) bond motifs is 1. The van der Waals surface area contributed by atoms with Crippen LogP contribution in [0.3, 0.4) is 0 Å². The summed E-state index contributed by atoms with van der Waals surface area (Å²) in [7, 11) is -3.56. The molecule has 0 aromatic heterocycles. The van der Waals surface area contributed by atoms with Crippen molar-refractivity contribution in [1.82, 2.24) is 0 Å². The van der Waals surface area contributed by atoms with E-state index in [9.17, 15) is 13.5 Å². The van der Waals surface area contributed by atoms with E-state index in [2.05, 4.69) is 0 Å². The minimum absolute atomic E-state index is 0.0939. The molecule has 2 rings (SSSR count). The Bertz CT molecular complexity index is 631. The molecule has 0 bridgehead atoms. The first kappa shape index (κ1) is 10.8. The maximum Gasteiger partial charge on any atom is 0.306 e. The van der Waals surface area contributed by atoms with Gasteiger partial charge in [-0.25, -0.2) is 0 Å². The second kappa shape index (κ2) is 3.68. The molecular formula is C11H10O4S. The SMILES string of the molecule is CS(=O)(=O)Oc1ccc(O)c2ccccc12. The van der Waals surface area contributed by atoms with Crippen molar-refractivity contribution in [2.24, 2.45) is 0 Å². The normalized spacial score (nSPS) is 11.6. The maximum atomic E-state index is 11.0. The third kappa shape index (κ3) is 2.09. The average Bonchev–Trinajstić information content (AvgIpc) is 2.21. The molecule has 2 aromatic rings. The Morgan fingerprint density at radius 3 is 2.31 bits per heavy atom. The average molecular weight is 238 g/mol. The van der Waals surface area contributed by atoms with Crippen molar-refractivity contribution < 1.29 is 17.7 Å². The molecule has 0 aliphatic rings. The van der Waals surface area contributed by atoms with Crippen LogP contribution in [0.15, 0.2) is 36.4 Å². The smallest absolute Gasteiger partial charge is 0.306 e. The van der Waals surface area contributed by atoms with Crippen LogP contribution in [-0.2, 0) is 10.1 Å². The third-order valence-corrected chi connectivity index (χ3v) is 2.58. The quantitative estimate of drug-likeness (QED) is 0.811. The van der Waals surface area contributed by atoms with Crippen LogP contribution in [0, 0.1) is 0 Å². The van der Waals surface area contributed by atoms with Crippen LogP contribution in [0.4, 0.5) is 0 Å². The lowest BCUT2D eigenvalue weighted by Crippen LogP contribution is -2.05. The fourth-order valence-electron chi connectivity index (χ4n) is 1.49. The second-order valence-electron chi connectivity index (χ2n) is 3.42. The van der Waals surface area contributed by atoms with Gasteiger partial charge in [0.25, 0.3) is 0 Å². The molecule has 0 unspecified atom stereocenters. The summed E-state index contributed by atoms with van der Waals surface area (Å²) in [5.41, 5.74) is 0. The first-order chi connectivity index (χ1) is 7.47. The molecule has 0 atom stereocenters. The van der Waals surface area contributed by atoms with Crippen LogP contribution in [0.5, 0.6) is 11.5 Å². The molecule has 5 heteroatoms. The first-order valence-electron chi connectivity index (χ1n) is 4.57. The number of phenols is 1. The molecule has 16 heavy (non-hydrogen) atoms. The molecule has 2 aromatic carbocycles. The fourth-order valence-corrected chi connectivity index (χ4v) is 1.96. The van der Waals surface area contributed by atoms with Crippen molar-refractivity contribution in [2.75, 3.05) is 6.26 Å². The maximum absolute atomic E-state index is 11.0. The van der Waals surface area contributed by atoms with Gasteiger partial charge in [0.2, 0.25) is 0 Å². The van der Waals surface area contributed by atoms with Crippen LogP contribution in [-0.4, -0.2) is 19.8 Å². The summed E-state index contributed by atoms with van der Waals surface area (Å²) in [5, 5.41) is 10.7. The van der Waals surface area contributed by atoms with Crippen molar-refractivity contribution in [2.45, 2.75) is 0 Å². The second-order valence-corrected chi connectivity index (χ2v) is 4.99. The lowest BCUT2D eigenvalue weighted by molar-refractivity contribution is 0.477. The van der Waals surface area contributed by atoms with Gasteiger partial charge in [-0.1, -0.05) is 24.3 Å². The summed E-state index contributed by atoms with van der Waals surface area (Å²) in [6.07, 6.45) is 0.981. The molecule has 0 heterocycles.